The summed E-state index contributed by atoms with van der Waals surface area (Å²) in [4.78, 5) is 17.7. The molecule has 0 bridgehead atoms. The lowest BCUT2D eigenvalue weighted by atomic mass is 10.1. The Bertz CT molecular complexity index is 1240. The van der Waals surface area contributed by atoms with Crippen molar-refractivity contribution in [1.82, 2.24) is 9.29 Å². The van der Waals surface area contributed by atoms with Crippen molar-refractivity contribution in [2.24, 2.45) is 0 Å². The summed E-state index contributed by atoms with van der Waals surface area (Å²) in [6.45, 7) is 10.00. The van der Waals surface area contributed by atoms with Gasteiger partial charge in [0.2, 0.25) is 15.9 Å². The highest BCUT2D eigenvalue weighted by Crippen LogP contribution is 2.28. The lowest BCUT2D eigenvalue weighted by Crippen LogP contribution is -2.31. The molecule has 3 rings (SSSR count). The molecule has 1 N–H and O–H groups in total. The highest BCUT2D eigenvalue weighted by atomic mass is 32.2. The first kappa shape index (κ1) is 24.2. The summed E-state index contributed by atoms with van der Waals surface area (Å²) in [7, 11) is -3.62. The van der Waals surface area contributed by atoms with Crippen molar-refractivity contribution < 1.29 is 13.2 Å². The van der Waals surface area contributed by atoms with E-state index in [4.69, 9.17) is 0 Å². The molecule has 0 saturated carbocycles. The molecule has 0 aliphatic rings. The summed E-state index contributed by atoms with van der Waals surface area (Å²) in [5.41, 5.74) is 3.11. The molecule has 8 heteroatoms. The van der Waals surface area contributed by atoms with Gasteiger partial charge in [0, 0.05) is 24.2 Å². The number of amides is 1. The van der Waals surface area contributed by atoms with Gasteiger partial charge in [-0.05, 0) is 56.2 Å². The van der Waals surface area contributed by atoms with E-state index < -0.39 is 15.3 Å². The molecule has 2 aromatic carbocycles. The van der Waals surface area contributed by atoms with E-state index in [0.29, 0.717) is 24.3 Å². The minimum absolute atomic E-state index is 0.211. The second kappa shape index (κ2) is 10.0. The second-order valence-corrected chi connectivity index (χ2v) is 10.9. The number of para-hydroxylation sites is 1. The number of anilines is 1. The number of hydrogen-bond acceptors (Lipinski definition) is 5. The third-order valence-electron chi connectivity index (χ3n) is 5.35. The number of aromatic nitrogens is 1. The Morgan fingerprint density at radius 2 is 1.75 bits per heavy atom. The predicted octanol–water partition coefficient (Wildman–Crippen LogP) is 5.00. The molecule has 0 radical (unpaired) electrons. The Morgan fingerprint density at radius 1 is 1.06 bits per heavy atom. The van der Waals surface area contributed by atoms with Gasteiger partial charge in [-0.15, -0.1) is 0 Å². The van der Waals surface area contributed by atoms with Gasteiger partial charge in [-0.25, -0.2) is 13.4 Å². The third-order valence-corrected chi connectivity index (χ3v) is 8.56. The van der Waals surface area contributed by atoms with Crippen molar-refractivity contribution in [3.05, 3.63) is 59.7 Å². The summed E-state index contributed by atoms with van der Waals surface area (Å²) in [6, 6.07) is 14.9. The Hall–Kier alpha value is -2.42. The van der Waals surface area contributed by atoms with Gasteiger partial charge in [0.15, 0.2) is 0 Å². The number of sulfonamides is 1. The normalized spacial score (nSPS) is 12.8. The number of carbonyl (C=O) groups is 1. The Kier molecular flexibility index (Phi) is 7.59. The quantitative estimate of drug-likeness (QED) is 0.468. The minimum Gasteiger partial charge on any atom is -0.325 e. The van der Waals surface area contributed by atoms with E-state index in [9.17, 15) is 13.2 Å². The van der Waals surface area contributed by atoms with Crippen LogP contribution in [0.2, 0.25) is 0 Å². The van der Waals surface area contributed by atoms with Gasteiger partial charge >= 0.3 is 0 Å². The zero-order valence-electron chi connectivity index (χ0n) is 19.0. The lowest BCUT2D eigenvalue weighted by Gasteiger charge is -2.20. The molecule has 1 atom stereocenters. The van der Waals surface area contributed by atoms with Crippen LogP contribution in [0.25, 0.3) is 10.9 Å². The summed E-state index contributed by atoms with van der Waals surface area (Å²) in [5.74, 6) is -0.211. The van der Waals surface area contributed by atoms with E-state index in [1.165, 1.54) is 22.1 Å². The van der Waals surface area contributed by atoms with Crippen molar-refractivity contribution in [3.63, 3.8) is 0 Å². The zero-order chi connectivity index (χ0) is 23.5. The molecule has 0 saturated heterocycles. The maximum absolute atomic E-state index is 13.0. The number of carbonyl (C=O) groups excluding carboxylic acids is 1. The summed E-state index contributed by atoms with van der Waals surface area (Å²) < 4.78 is 27.3. The van der Waals surface area contributed by atoms with Crippen LogP contribution in [0.3, 0.4) is 0 Å². The Labute approximate surface area is 194 Å². The molecule has 0 spiro atoms. The number of benzene rings is 2. The molecule has 1 aromatic heterocycles. The van der Waals surface area contributed by atoms with Crippen LogP contribution >= 0.6 is 11.8 Å². The molecular weight excluding hydrogens is 442 g/mol. The van der Waals surface area contributed by atoms with Gasteiger partial charge in [0.1, 0.15) is 0 Å². The second-order valence-electron chi connectivity index (χ2n) is 7.61. The van der Waals surface area contributed by atoms with E-state index in [2.05, 4.69) is 10.3 Å². The van der Waals surface area contributed by atoms with E-state index in [0.717, 1.165) is 21.5 Å². The summed E-state index contributed by atoms with van der Waals surface area (Å²) >= 11 is 1.38. The van der Waals surface area contributed by atoms with Crippen molar-refractivity contribution >= 4 is 44.3 Å². The van der Waals surface area contributed by atoms with Gasteiger partial charge < -0.3 is 5.32 Å². The SMILES string of the molecule is CCN(CC)S(=O)(=O)c1cc(NC(=O)[C@H](C)Sc2cc(C)c3ccccc3n2)ccc1C. The van der Waals surface area contributed by atoms with Crippen LogP contribution in [0.15, 0.2) is 58.5 Å². The Morgan fingerprint density at radius 3 is 2.44 bits per heavy atom. The highest BCUT2D eigenvalue weighted by molar-refractivity contribution is 8.00. The first-order chi connectivity index (χ1) is 15.2. The van der Waals surface area contributed by atoms with Crippen LogP contribution in [0.1, 0.15) is 31.9 Å². The average molecular weight is 472 g/mol. The van der Waals surface area contributed by atoms with Gasteiger partial charge in [-0.1, -0.05) is 49.9 Å². The number of pyridine rings is 1. The van der Waals surface area contributed by atoms with Gasteiger partial charge in [-0.3, -0.25) is 4.79 Å². The van der Waals surface area contributed by atoms with Crippen LogP contribution in [0.4, 0.5) is 5.69 Å². The van der Waals surface area contributed by atoms with Crippen molar-refractivity contribution in [3.8, 4) is 0 Å². The molecule has 170 valence electrons. The van der Waals surface area contributed by atoms with Crippen LogP contribution in [0, 0.1) is 13.8 Å². The number of nitrogens with zero attached hydrogens (tertiary/aromatic N) is 2. The van der Waals surface area contributed by atoms with Crippen LogP contribution in [-0.2, 0) is 14.8 Å². The highest BCUT2D eigenvalue weighted by Gasteiger charge is 2.24. The fourth-order valence-electron chi connectivity index (χ4n) is 3.52. The first-order valence-electron chi connectivity index (χ1n) is 10.6. The number of thioether (sulfide) groups is 1. The summed E-state index contributed by atoms with van der Waals surface area (Å²) in [6.07, 6.45) is 0. The Balaban J connectivity index is 1.78. The monoisotopic (exact) mass is 471 g/mol. The minimum atomic E-state index is -3.62. The molecule has 1 amide bonds. The number of aryl methyl sites for hydroxylation is 2. The number of nitrogens with one attached hydrogen (secondary N) is 1. The number of rotatable bonds is 8. The molecule has 6 nitrogen and oxygen atoms in total. The van der Waals surface area contributed by atoms with Crippen molar-refractivity contribution in [2.45, 2.75) is 49.8 Å². The topological polar surface area (TPSA) is 79.4 Å². The molecule has 1 heterocycles. The largest absolute Gasteiger partial charge is 0.325 e. The molecule has 3 aromatic rings. The maximum atomic E-state index is 13.0. The predicted molar refractivity (Wildman–Crippen MR) is 132 cm³/mol. The molecule has 32 heavy (non-hydrogen) atoms. The van der Waals surface area contributed by atoms with Gasteiger partial charge in [0.25, 0.3) is 0 Å². The van der Waals surface area contributed by atoms with Crippen molar-refractivity contribution in [1.29, 1.82) is 0 Å². The standard InChI is InChI=1S/C24H29N3O3S2/c1-6-27(7-2)32(29,30)22-15-19(13-12-16(22)3)25-24(28)18(5)31-23-14-17(4)20-10-8-9-11-21(20)26-23/h8-15,18H,6-7H2,1-5H3,(H,25,28)/t18-/m0/s1. The van der Waals surface area contributed by atoms with Crippen LogP contribution < -0.4 is 5.32 Å². The molecule has 0 unspecified atom stereocenters. The van der Waals surface area contributed by atoms with Crippen LogP contribution in [-0.4, -0.2) is 42.0 Å². The van der Waals surface area contributed by atoms with E-state index in [1.807, 2.05) is 58.0 Å². The fraction of sp³-hybridized carbons (Fsp3) is 0.333. The van der Waals surface area contributed by atoms with Gasteiger partial charge in [0.05, 0.1) is 20.7 Å². The lowest BCUT2D eigenvalue weighted by molar-refractivity contribution is -0.115. The molecule has 0 fully saturated rings. The molecular formula is C24H29N3O3S2. The molecule has 0 aliphatic carbocycles. The van der Waals surface area contributed by atoms with Crippen LogP contribution in [0.5, 0.6) is 0 Å². The fourth-order valence-corrected chi connectivity index (χ4v) is 6.15. The first-order valence-corrected chi connectivity index (χ1v) is 12.9. The smallest absolute Gasteiger partial charge is 0.243 e. The van der Waals surface area contributed by atoms with Crippen molar-refractivity contribution in [2.75, 3.05) is 18.4 Å². The number of fused-ring (bicyclic) bond motifs is 1. The maximum Gasteiger partial charge on any atom is 0.243 e. The van der Waals surface area contributed by atoms with E-state index in [1.54, 1.807) is 19.1 Å². The van der Waals surface area contributed by atoms with Gasteiger partial charge in [-0.2, -0.15) is 4.31 Å². The molecule has 0 aliphatic heterocycles. The third kappa shape index (κ3) is 5.14. The van der Waals surface area contributed by atoms with E-state index in [-0.39, 0.29) is 10.8 Å². The average Bonchev–Trinajstić information content (AvgIpc) is 2.75. The van der Waals surface area contributed by atoms with E-state index >= 15 is 0 Å². The summed E-state index contributed by atoms with van der Waals surface area (Å²) in [5, 5.41) is 4.32. The zero-order valence-corrected chi connectivity index (χ0v) is 20.7. The number of hydrogen-bond donors (Lipinski definition) is 1.